The summed E-state index contributed by atoms with van der Waals surface area (Å²) in [7, 11) is 0. The third kappa shape index (κ3) is 3.63. The highest BCUT2D eigenvalue weighted by atomic mass is 32.2. The summed E-state index contributed by atoms with van der Waals surface area (Å²) in [5.74, 6) is 1.13. The molecule has 3 rings (SSSR count). The van der Waals surface area contributed by atoms with E-state index in [0.717, 1.165) is 35.4 Å². The average Bonchev–Trinajstić information content (AvgIpc) is 3.29. The minimum absolute atomic E-state index is 0.0583. The fraction of sp³-hybridized carbons (Fsp3) is 0.450. The first-order chi connectivity index (χ1) is 12.4. The Morgan fingerprint density at radius 2 is 2.15 bits per heavy atom. The maximum Gasteiger partial charge on any atom is 0.233 e. The van der Waals surface area contributed by atoms with E-state index in [2.05, 4.69) is 11.1 Å². The van der Waals surface area contributed by atoms with Crippen LogP contribution in [0.2, 0.25) is 0 Å². The number of pyridine rings is 1. The minimum Gasteiger partial charge on any atom is -0.467 e. The Morgan fingerprint density at radius 3 is 2.73 bits per heavy atom. The Morgan fingerprint density at radius 1 is 1.42 bits per heavy atom. The Kier molecular flexibility index (Phi) is 5.38. The van der Waals surface area contributed by atoms with Crippen LogP contribution < -0.4 is 0 Å². The highest BCUT2D eigenvalue weighted by molar-refractivity contribution is 8.00. The molecule has 1 amide bonds. The van der Waals surface area contributed by atoms with Crippen LogP contribution in [0.25, 0.3) is 0 Å². The van der Waals surface area contributed by atoms with Crippen LogP contribution in [0.5, 0.6) is 0 Å². The SMILES string of the molecule is Cc1nc(SCC(=O)N(C2CC2)C(C)c2ccco2)c(C#N)c(C)c1C. The summed E-state index contributed by atoms with van der Waals surface area (Å²) >= 11 is 1.35. The number of nitriles is 1. The van der Waals surface area contributed by atoms with Crippen molar-refractivity contribution in [3.05, 3.63) is 46.5 Å². The van der Waals surface area contributed by atoms with Crippen LogP contribution in [-0.4, -0.2) is 27.6 Å². The number of hydrogen-bond acceptors (Lipinski definition) is 5. The van der Waals surface area contributed by atoms with Gasteiger partial charge in [0.1, 0.15) is 16.9 Å². The number of hydrogen-bond donors (Lipinski definition) is 0. The molecule has 1 unspecified atom stereocenters. The maximum absolute atomic E-state index is 12.9. The number of amides is 1. The van der Waals surface area contributed by atoms with Gasteiger partial charge in [0.25, 0.3) is 0 Å². The summed E-state index contributed by atoms with van der Waals surface area (Å²) < 4.78 is 5.49. The van der Waals surface area contributed by atoms with E-state index in [1.54, 1.807) is 6.26 Å². The highest BCUT2D eigenvalue weighted by Gasteiger charge is 2.37. The molecule has 1 atom stereocenters. The van der Waals surface area contributed by atoms with E-state index in [1.807, 2.05) is 44.7 Å². The molecule has 0 aromatic carbocycles. The van der Waals surface area contributed by atoms with Gasteiger partial charge in [0, 0.05) is 11.7 Å². The van der Waals surface area contributed by atoms with Crippen LogP contribution in [-0.2, 0) is 4.79 Å². The van der Waals surface area contributed by atoms with E-state index in [-0.39, 0.29) is 23.7 Å². The predicted molar refractivity (Wildman–Crippen MR) is 101 cm³/mol. The topological polar surface area (TPSA) is 70.1 Å². The largest absolute Gasteiger partial charge is 0.467 e. The summed E-state index contributed by atoms with van der Waals surface area (Å²) in [5.41, 5.74) is 3.45. The Labute approximate surface area is 158 Å². The van der Waals surface area contributed by atoms with Gasteiger partial charge in [0.2, 0.25) is 5.91 Å². The lowest BCUT2D eigenvalue weighted by molar-refractivity contribution is -0.131. The molecule has 1 aliphatic carbocycles. The second-order valence-electron chi connectivity index (χ2n) is 6.75. The molecular formula is C20H23N3O2S. The molecule has 0 spiro atoms. The first kappa shape index (κ1) is 18.5. The number of carbonyl (C=O) groups is 1. The molecule has 1 fully saturated rings. The van der Waals surface area contributed by atoms with E-state index in [9.17, 15) is 10.1 Å². The first-order valence-corrected chi connectivity index (χ1v) is 9.77. The maximum atomic E-state index is 12.9. The molecule has 26 heavy (non-hydrogen) atoms. The van der Waals surface area contributed by atoms with Gasteiger partial charge in [-0.2, -0.15) is 5.26 Å². The predicted octanol–water partition coefficient (Wildman–Crippen LogP) is 4.32. The van der Waals surface area contributed by atoms with Crippen molar-refractivity contribution < 1.29 is 9.21 Å². The lowest BCUT2D eigenvalue weighted by Crippen LogP contribution is -2.36. The molecule has 136 valence electrons. The summed E-state index contributed by atoms with van der Waals surface area (Å²) in [6.45, 7) is 7.84. The van der Waals surface area contributed by atoms with Crippen LogP contribution in [0.4, 0.5) is 0 Å². The normalized spacial score (nSPS) is 14.7. The number of nitrogens with zero attached hydrogens (tertiary/aromatic N) is 3. The van der Waals surface area contributed by atoms with Crippen molar-refractivity contribution in [1.29, 1.82) is 5.26 Å². The molecule has 2 aromatic heterocycles. The van der Waals surface area contributed by atoms with Gasteiger partial charge in [-0.05, 0) is 63.8 Å². The summed E-state index contributed by atoms with van der Waals surface area (Å²) in [4.78, 5) is 19.4. The molecule has 1 saturated carbocycles. The van der Waals surface area contributed by atoms with Crippen molar-refractivity contribution in [2.75, 3.05) is 5.75 Å². The molecule has 0 N–H and O–H groups in total. The fourth-order valence-corrected chi connectivity index (χ4v) is 4.06. The minimum atomic E-state index is -0.0875. The van der Waals surface area contributed by atoms with Crippen LogP contribution in [0.1, 0.15) is 54.0 Å². The van der Waals surface area contributed by atoms with Gasteiger partial charge in [-0.25, -0.2) is 4.98 Å². The summed E-state index contributed by atoms with van der Waals surface area (Å²) in [6, 6.07) is 6.19. The lowest BCUT2D eigenvalue weighted by Gasteiger charge is -2.28. The zero-order valence-corrected chi connectivity index (χ0v) is 16.4. The second-order valence-corrected chi connectivity index (χ2v) is 7.72. The Balaban J connectivity index is 1.77. The van der Waals surface area contributed by atoms with Crippen LogP contribution >= 0.6 is 11.8 Å². The number of rotatable bonds is 6. The molecule has 2 heterocycles. The van der Waals surface area contributed by atoms with Crippen molar-refractivity contribution in [3.63, 3.8) is 0 Å². The number of furan rings is 1. The molecule has 5 nitrogen and oxygen atoms in total. The zero-order valence-electron chi connectivity index (χ0n) is 15.6. The third-order valence-corrected chi connectivity index (χ3v) is 5.97. The van der Waals surface area contributed by atoms with Crippen molar-refractivity contribution in [1.82, 2.24) is 9.88 Å². The number of aryl methyl sites for hydroxylation is 1. The van der Waals surface area contributed by atoms with Gasteiger partial charge in [0.15, 0.2) is 0 Å². The average molecular weight is 369 g/mol. The van der Waals surface area contributed by atoms with E-state index < -0.39 is 0 Å². The number of thioether (sulfide) groups is 1. The van der Waals surface area contributed by atoms with Gasteiger partial charge < -0.3 is 9.32 Å². The van der Waals surface area contributed by atoms with Crippen LogP contribution in [0, 0.1) is 32.1 Å². The van der Waals surface area contributed by atoms with E-state index >= 15 is 0 Å². The van der Waals surface area contributed by atoms with Gasteiger partial charge in [-0.1, -0.05) is 11.8 Å². The fourth-order valence-electron chi connectivity index (χ4n) is 3.11. The molecule has 0 aliphatic heterocycles. The second kappa shape index (κ2) is 7.55. The Bertz CT molecular complexity index is 851. The highest BCUT2D eigenvalue weighted by Crippen LogP contribution is 2.36. The quantitative estimate of drug-likeness (QED) is 0.709. The number of aromatic nitrogens is 1. The first-order valence-electron chi connectivity index (χ1n) is 8.79. The zero-order chi connectivity index (χ0) is 18.8. The molecular weight excluding hydrogens is 346 g/mol. The monoisotopic (exact) mass is 369 g/mol. The smallest absolute Gasteiger partial charge is 0.233 e. The van der Waals surface area contributed by atoms with Gasteiger partial charge in [-0.15, -0.1) is 0 Å². The summed E-state index contributed by atoms with van der Waals surface area (Å²) in [5, 5.41) is 10.1. The molecule has 1 aliphatic rings. The molecule has 0 bridgehead atoms. The standard InChI is InChI=1S/C20H23N3O2S/c1-12-13(2)17(10-21)20(22-14(12)3)26-11-19(24)23(16-7-8-16)15(4)18-6-5-9-25-18/h5-6,9,15-16H,7-8,11H2,1-4H3. The van der Waals surface area contributed by atoms with Crippen LogP contribution in [0.15, 0.2) is 27.8 Å². The molecule has 0 saturated heterocycles. The van der Waals surface area contributed by atoms with E-state index in [4.69, 9.17) is 4.42 Å². The van der Waals surface area contributed by atoms with Crippen molar-refractivity contribution in [3.8, 4) is 6.07 Å². The van der Waals surface area contributed by atoms with Crippen molar-refractivity contribution in [2.45, 2.75) is 57.6 Å². The van der Waals surface area contributed by atoms with Crippen molar-refractivity contribution >= 4 is 17.7 Å². The van der Waals surface area contributed by atoms with E-state index in [1.165, 1.54) is 11.8 Å². The van der Waals surface area contributed by atoms with Crippen LogP contribution in [0.3, 0.4) is 0 Å². The van der Waals surface area contributed by atoms with Gasteiger partial charge in [0.05, 0.1) is 23.6 Å². The lowest BCUT2D eigenvalue weighted by atomic mass is 10.1. The number of carbonyl (C=O) groups excluding carboxylic acids is 1. The molecule has 2 aromatic rings. The Hall–Kier alpha value is -2.26. The van der Waals surface area contributed by atoms with E-state index in [0.29, 0.717) is 10.6 Å². The van der Waals surface area contributed by atoms with Crippen molar-refractivity contribution in [2.24, 2.45) is 0 Å². The summed E-state index contributed by atoms with van der Waals surface area (Å²) in [6.07, 6.45) is 3.70. The molecule has 6 heteroatoms. The third-order valence-electron chi connectivity index (χ3n) is 5.01. The van der Waals surface area contributed by atoms with Gasteiger partial charge >= 0.3 is 0 Å². The molecule has 0 radical (unpaired) electrons. The van der Waals surface area contributed by atoms with Gasteiger partial charge in [-0.3, -0.25) is 4.79 Å².